The van der Waals surface area contributed by atoms with Crippen molar-refractivity contribution in [2.24, 2.45) is 0 Å². The van der Waals surface area contributed by atoms with Crippen LogP contribution in [0.15, 0.2) is 24.3 Å². The molecule has 18 heavy (non-hydrogen) atoms. The number of benzene rings is 1. The third-order valence-corrected chi connectivity index (χ3v) is 3.95. The molecule has 2 nitrogen and oxygen atoms in total. The van der Waals surface area contributed by atoms with Gasteiger partial charge in [0.05, 0.1) is 5.52 Å². The van der Waals surface area contributed by atoms with E-state index in [4.69, 9.17) is 0 Å². The van der Waals surface area contributed by atoms with Crippen LogP contribution in [0.1, 0.15) is 31.9 Å². The molecular weight excluding hydrogens is 227 g/mol. The number of nitrogens with zero attached hydrogens (tertiary/aromatic N) is 1. The van der Waals surface area contributed by atoms with Crippen LogP contribution in [0.2, 0.25) is 0 Å². The van der Waals surface area contributed by atoms with Crippen LogP contribution in [0.5, 0.6) is 0 Å². The quantitative estimate of drug-likeness (QED) is 0.874. The molecule has 0 unspecified atom stereocenters. The predicted molar refractivity (Wildman–Crippen MR) is 72.0 cm³/mol. The van der Waals surface area contributed by atoms with Crippen LogP contribution >= 0.6 is 0 Å². The van der Waals surface area contributed by atoms with Crippen LogP contribution in [0.3, 0.4) is 0 Å². The van der Waals surface area contributed by atoms with Crippen molar-refractivity contribution in [1.82, 2.24) is 9.88 Å². The zero-order chi connectivity index (χ0) is 12.5. The summed E-state index contributed by atoms with van der Waals surface area (Å²) in [6.07, 6.45) is 3.93. The minimum Gasteiger partial charge on any atom is -0.344 e. The Hall–Kier alpha value is -1.35. The molecular formula is C15H19FN2. The Labute approximate surface area is 107 Å². The molecule has 1 fully saturated rings. The molecule has 1 N–H and O–H groups in total. The summed E-state index contributed by atoms with van der Waals surface area (Å²) in [4.78, 5) is 0. The Bertz CT molecular complexity index is 555. The average Bonchev–Trinajstić information content (AvgIpc) is 2.64. The number of aromatic nitrogens is 1. The lowest BCUT2D eigenvalue weighted by Gasteiger charge is -2.26. The van der Waals surface area contributed by atoms with Crippen molar-refractivity contribution in [3.05, 3.63) is 35.8 Å². The van der Waals surface area contributed by atoms with Gasteiger partial charge >= 0.3 is 0 Å². The highest BCUT2D eigenvalue weighted by Crippen LogP contribution is 2.23. The second kappa shape index (κ2) is 4.73. The number of halogens is 1. The Morgan fingerprint density at radius 3 is 2.83 bits per heavy atom. The van der Waals surface area contributed by atoms with E-state index in [0.29, 0.717) is 6.04 Å². The van der Waals surface area contributed by atoms with E-state index in [0.717, 1.165) is 24.0 Å². The molecule has 3 rings (SSSR count). The maximum absolute atomic E-state index is 13.3. The van der Waals surface area contributed by atoms with Crippen LogP contribution in [-0.4, -0.2) is 10.6 Å². The normalized spacial score (nSPS) is 16.1. The molecule has 1 aliphatic rings. The van der Waals surface area contributed by atoms with Gasteiger partial charge < -0.3 is 9.88 Å². The second-order valence-electron chi connectivity index (χ2n) is 5.09. The number of rotatable bonds is 4. The van der Waals surface area contributed by atoms with Gasteiger partial charge in [0.2, 0.25) is 0 Å². The molecule has 96 valence electrons. The average molecular weight is 246 g/mol. The molecule has 0 bridgehead atoms. The number of hydrogen-bond donors (Lipinski definition) is 1. The molecule has 1 saturated carbocycles. The molecule has 0 atom stereocenters. The molecule has 0 radical (unpaired) electrons. The first-order chi connectivity index (χ1) is 8.78. The highest BCUT2D eigenvalue weighted by atomic mass is 19.1. The first-order valence-corrected chi connectivity index (χ1v) is 6.79. The first kappa shape index (κ1) is 11.7. The summed E-state index contributed by atoms with van der Waals surface area (Å²) in [5.74, 6) is -0.159. The number of hydrogen-bond acceptors (Lipinski definition) is 1. The Kier molecular flexibility index (Phi) is 3.08. The van der Waals surface area contributed by atoms with Crippen molar-refractivity contribution in [1.29, 1.82) is 0 Å². The van der Waals surface area contributed by atoms with Crippen LogP contribution in [0, 0.1) is 5.82 Å². The van der Waals surface area contributed by atoms with Gasteiger partial charge in [0, 0.05) is 30.2 Å². The van der Waals surface area contributed by atoms with Gasteiger partial charge in [-0.05, 0) is 44.0 Å². The van der Waals surface area contributed by atoms with Crippen LogP contribution in [0.25, 0.3) is 10.9 Å². The smallest absolute Gasteiger partial charge is 0.125 e. The lowest BCUT2D eigenvalue weighted by atomic mass is 9.93. The summed E-state index contributed by atoms with van der Waals surface area (Å²) in [6, 6.07) is 7.88. The third kappa shape index (κ3) is 2.03. The van der Waals surface area contributed by atoms with E-state index in [2.05, 4.69) is 22.9 Å². The van der Waals surface area contributed by atoms with Gasteiger partial charge in [0.15, 0.2) is 0 Å². The van der Waals surface area contributed by atoms with E-state index >= 15 is 0 Å². The molecule has 3 heteroatoms. The van der Waals surface area contributed by atoms with E-state index in [1.165, 1.54) is 31.0 Å². The maximum Gasteiger partial charge on any atom is 0.125 e. The van der Waals surface area contributed by atoms with Crippen molar-refractivity contribution >= 4 is 10.9 Å². The van der Waals surface area contributed by atoms with Crippen molar-refractivity contribution in [2.45, 2.75) is 45.3 Å². The highest BCUT2D eigenvalue weighted by molar-refractivity contribution is 5.81. The van der Waals surface area contributed by atoms with Gasteiger partial charge in [-0.2, -0.15) is 0 Å². The van der Waals surface area contributed by atoms with E-state index in [-0.39, 0.29) is 5.82 Å². The van der Waals surface area contributed by atoms with Crippen LogP contribution < -0.4 is 5.32 Å². The number of fused-ring (bicyclic) bond motifs is 1. The van der Waals surface area contributed by atoms with Gasteiger partial charge in [0.1, 0.15) is 5.82 Å². The SMILES string of the molecule is CCn1c(CNC2CCC2)cc2ccc(F)cc21. The lowest BCUT2D eigenvalue weighted by molar-refractivity contribution is 0.335. The molecule has 2 aromatic rings. The summed E-state index contributed by atoms with van der Waals surface area (Å²) in [5, 5.41) is 4.70. The van der Waals surface area contributed by atoms with Crippen molar-refractivity contribution < 1.29 is 4.39 Å². The van der Waals surface area contributed by atoms with Crippen LogP contribution in [-0.2, 0) is 13.1 Å². The molecule has 1 heterocycles. The van der Waals surface area contributed by atoms with Gasteiger partial charge in [0.25, 0.3) is 0 Å². The monoisotopic (exact) mass is 246 g/mol. The van der Waals surface area contributed by atoms with Gasteiger partial charge in [-0.1, -0.05) is 6.42 Å². The van der Waals surface area contributed by atoms with E-state index in [9.17, 15) is 4.39 Å². The third-order valence-electron chi connectivity index (χ3n) is 3.95. The largest absolute Gasteiger partial charge is 0.344 e. The standard InChI is InChI=1S/C15H19FN2/c1-2-18-14(10-17-13-4-3-5-13)8-11-6-7-12(16)9-15(11)18/h6-9,13,17H,2-5,10H2,1H3. The maximum atomic E-state index is 13.3. The fourth-order valence-electron chi connectivity index (χ4n) is 2.67. The topological polar surface area (TPSA) is 17.0 Å². The summed E-state index contributed by atoms with van der Waals surface area (Å²) in [7, 11) is 0. The molecule has 0 amide bonds. The van der Waals surface area contributed by atoms with Crippen molar-refractivity contribution in [2.75, 3.05) is 0 Å². The summed E-state index contributed by atoms with van der Waals surface area (Å²) in [6.45, 7) is 3.88. The summed E-state index contributed by atoms with van der Waals surface area (Å²) < 4.78 is 15.5. The predicted octanol–water partition coefficient (Wildman–Crippen LogP) is 3.44. The second-order valence-corrected chi connectivity index (χ2v) is 5.09. The minimum absolute atomic E-state index is 0.159. The van der Waals surface area contributed by atoms with Gasteiger partial charge in [-0.15, -0.1) is 0 Å². The lowest BCUT2D eigenvalue weighted by Crippen LogP contribution is -2.35. The highest BCUT2D eigenvalue weighted by Gasteiger charge is 2.17. The van der Waals surface area contributed by atoms with Gasteiger partial charge in [-0.25, -0.2) is 4.39 Å². The van der Waals surface area contributed by atoms with Crippen LogP contribution in [0.4, 0.5) is 4.39 Å². The Morgan fingerprint density at radius 2 is 2.17 bits per heavy atom. The fraction of sp³-hybridized carbons (Fsp3) is 0.467. The summed E-state index contributed by atoms with van der Waals surface area (Å²) >= 11 is 0. The van der Waals surface area contributed by atoms with Gasteiger partial charge in [-0.3, -0.25) is 0 Å². The zero-order valence-corrected chi connectivity index (χ0v) is 10.7. The molecule has 0 aliphatic heterocycles. The summed E-state index contributed by atoms with van der Waals surface area (Å²) in [5.41, 5.74) is 2.26. The first-order valence-electron chi connectivity index (χ1n) is 6.79. The molecule has 0 spiro atoms. The fourth-order valence-corrected chi connectivity index (χ4v) is 2.67. The van der Waals surface area contributed by atoms with E-state index < -0.39 is 0 Å². The molecule has 1 aliphatic carbocycles. The van der Waals surface area contributed by atoms with E-state index in [1.807, 2.05) is 6.07 Å². The Morgan fingerprint density at radius 1 is 1.33 bits per heavy atom. The molecule has 1 aromatic carbocycles. The minimum atomic E-state index is -0.159. The van der Waals surface area contributed by atoms with Crippen molar-refractivity contribution in [3.8, 4) is 0 Å². The molecule has 0 saturated heterocycles. The number of nitrogens with one attached hydrogen (secondary N) is 1. The number of aryl methyl sites for hydroxylation is 1. The van der Waals surface area contributed by atoms with Crippen molar-refractivity contribution in [3.63, 3.8) is 0 Å². The molecule has 1 aromatic heterocycles. The van der Waals surface area contributed by atoms with E-state index in [1.54, 1.807) is 6.07 Å². The zero-order valence-electron chi connectivity index (χ0n) is 10.7. The Balaban J connectivity index is 1.89.